The average Bonchev–Trinajstić information content (AvgIpc) is 2.26. The highest BCUT2D eigenvalue weighted by atomic mass is 35.5. The van der Waals surface area contributed by atoms with Crippen LogP contribution in [0.3, 0.4) is 0 Å². The molecule has 0 aliphatic carbocycles. The molecule has 16 heavy (non-hydrogen) atoms. The molecule has 1 heterocycles. The summed E-state index contributed by atoms with van der Waals surface area (Å²) in [6.07, 6.45) is 2.03. The van der Waals surface area contributed by atoms with Crippen LogP contribution in [0.4, 0.5) is 5.82 Å². The molecule has 0 atom stereocenters. The zero-order chi connectivity index (χ0) is 12.0. The molecule has 1 rings (SSSR count). The van der Waals surface area contributed by atoms with Crippen LogP contribution in [0.15, 0.2) is 6.20 Å². The third kappa shape index (κ3) is 3.90. The standard InChI is InChI=1S/C9H12ClN3O3/c1-16-9-12-5-6(10)8(13-9)11-4-2-3-7(14)15/h5H,2-4H2,1H3,(H,14,15)(H,11,12,13). The SMILES string of the molecule is COc1ncc(Cl)c(NCCCC(=O)O)n1. The van der Waals surface area contributed by atoms with Gasteiger partial charge in [0.15, 0.2) is 5.82 Å². The van der Waals surface area contributed by atoms with Crippen molar-refractivity contribution in [2.24, 2.45) is 0 Å². The van der Waals surface area contributed by atoms with Gasteiger partial charge < -0.3 is 15.2 Å². The second-order valence-corrected chi connectivity index (χ2v) is 3.38. The molecule has 1 aromatic heterocycles. The lowest BCUT2D eigenvalue weighted by molar-refractivity contribution is -0.137. The van der Waals surface area contributed by atoms with Crippen LogP contribution in [0.2, 0.25) is 5.02 Å². The number of halogens is 1. The highest BCUT2D eigenvalue weighted by Gasteiger charge is 2.05. The number of ether oxygens (including phenoxy) is 1. The van der Waals surface area contributed by atoms with Crippen LogP contribution in [0.25, 0.3) is 0 Å². The van der Waals surface area contributed by atoms with Gasteiger partial charge in [-0.15, -0.1) is 0 Å². The van der Waals surface area contributed by atoms with Gasteiger partial charge in [0.05, 0.1) is 13.3 Å². The Hall–Kier alpha value is -1.56. The third-order valence-electron chi connectivity index (χ3n) is 1.76. The molecule has 0 bridgehead atoms. The van der Waals surface area contributed by atoms with Gasteiger partial charge in [-0.1, -0.05) is 11.6 Å². The molecule has 7 heteroatoms. The molecule has 0 saturated heterocycles. The monoisotopic (exact) mass is 245 g/mol. The fourth-order valence-corrected chi connectivity index (χ4v) is 1.18. The molecular weight excluding hydrogens is 234 g/mol. The second kappa shape index (κ2) is 6.12. The van der Waals surface area contributed by atoms with Gasteiger partial charge >= 0.3 is 12.0 Å². The van der Waals surface area contributed by atoms with Gasteiger partial charge in [-0.25, -0.2) is 4.98 Å². The Morgan fingerprint density at radius 3 is 3.06 bits per heavy atom. The fourth-order valence-electron chi connectivity index (χ4n) is 1.02. The number of carboxylic acids is 1. The molecule has 0 radical (unpaired) electrons. The molecule has 1 aromatic rings. The highest BCUT2D eigenvalue weighted by Crippen LogP contribution is 2.19. The van der Waals surface area contributed by atoms with Gasteiger partial charge in [0.25, 0.3) is 0 Å². The highest BCUT2D eigenvalue weighted by molar-refractivity contribution is 6.32. The minimum absolute atomic E-state index is 0.104. The van der Waals surface area contributed by atoms with E-state index in [2.05, 4.69) is 15.3 Å². The number of methoxy groups -OCH3 is 1. The van der Waals surface area contributed by atoms with E-state index in [-0.39, 0.29) is 12.4 Å². The maximum absolute atomic E-state index is 10.3. The van der Waals surface area contributed by atoms with Gasteiger partial charge in [0, 0.05) is 13.0 Å². The van der Waals surface area contributed by atoms with Crippen molar-refractivity contribution in [3.8, 4) is 6.01 Å². The first-order valence-electron chi connectivity index (χ1n) is 4.65. The van der Waals surface area contributed by atoms with E-state index < -0.39 is 5.97 Å². The van der Waals surface area contributed by atoms with Gasteiger partial charge in [-0.05, 0) is 6.42 Å². The number of nitrogens with zero attached hydrogens (tertiary/aromatic N) is 2. The lowest BCUT2D eigenvalue weighted by Crippen LogP contribution is -2.07. The van der Waals surface area contributed by atoms with Crippen LogP contribution in [-0.2, 0) is 4.79 Å². The van der Waals surface area contributed by atoms with E-state index >= 15 is 0 Å². The van der Waals surface area contributed by atoms with Gasteiger partial charge in [-0.3, -0.25) is 4.79 Å². The summed E-state index contributed by atoms with van der Waals surface area (Å²) < 4.78 is 4.84. The summed E-state index contributed by atoms with van der Waals surface area (Å²) in [5, 5.41) is 11.7. The number of anilines is 1. The van der Waals surface area contributed by atoms with Crippen molar-refractivity contribution in [2.45, 2.75) is 12.8 Å². The predicted molar refractivity (Wildman–Crippen MR) is 59.0 cm³/mol. The van der Waals surface area contributed by atoms with E-state index in [1.807, 2.05) is 0 Å². The quantitative estimate of drug-likeness (QED) is 0.738. The smallest absolute Gasteiger partial charge is 0.318 e. The van der Waals surface area contributed by atoms with Crippen molar-refractivity contribution < 1.29 is 14.6 Å². The van der Waals surface area contributed by atoms with E-state index in [1.165, 1.54) is 13.3 Å². The van der Waals surface area contributed by atoms with Crippen molar-refractivity contribution in [3.63, 3.8) is 0 Å². The van der Waals surface area contributed by atoms with E-state index in [0.29, 0.717) is 23.8 Å². The minimum Gasteiger partial charge on any atom is -0.481 e. The molecule has 0 fully saturated rings. The van der Waals surface area contributed by atoms with E-state index in [9.17, 15) is 4.79 Å². The third-order valence-corrected chi connectivity index (χ3v) is 2.04. The number of hydrogen-bond acceptors (Lipinski definition) is 5. The number of carbonyl (C=O) groups is 1. The Morgan fingerprint density at radius 2 is 2.44 bits per heavy atom. The molecule has 0 aromatic carbocycles. The maximum Gasteiger partial charge on any atom is 0.318 e. The molecule has 0 saturated carbocycles. The Balaban J connectivity index is 2.49. The van der Waals surface area contributed by atoms with Crippen LogP contribution < -0.4 is 10.1 Å². The fraction of sp³-hybridized carbons (Fsp3) is 0.444. The Labute approximate surface area is 97.6 Å². The first kappa shape index (κ1) is 12.5. The first-order chi connectivity index (χ1) is 7.63. The lowest BCUT2D eigenvalue weighted by atomic mass is 10.3. The molecule has 2 N–H and O–H groups in total. The summed E-state index contributed by atoms with van der Waals surface area (Å²) >= 11 is 5.84. The number of hydrogen-bond donors (Lipinski definition) is 2. The predicted octanol–water partition coefficient (Wildman–Crippen LogP) is 1.42. The number of rotatable bonds is 6. The largest absolute Gasteiger partial charge is 0.481 e. The van der Waals surface area contributed by atoms with Crippen molar-refractivity contribution in [1.29, 1.82) is 0 Å². The van der Waals surface area contributed by atoms with Crippen LogP contribution in [0, 0.1) is 0 Å². The van der Waals surface area contributed by atoms with E-state index in [0.717, 1.165) is 0 Å². The molecular formula is C9H12ClN3O3. The van der Waals surface area contributed by atoms with Crippen LogP contribution in [0.5, 0.6) is 6.01 Å². The zero-order valence-electron chi connectivity index (χ0n) is 8.73. The number of aliphatic carboxylic acids is 1. The molecule has 88 valence electrons. The van der Waals surface area contributed by atoms with Crippen molar-refractivity contribution >= 4 is 23.4 Å². The van der Waals surface area contributed by atoms with E-state index in [1.54, 1.807) is 0 Å². The molecule has 6 nitrogen and oxygen atoms in total. The second-order valence-electron chi connectivity index (χ2n) is 2.98. The van der Waals surface area contributed by atoms with Crippen molar-refractivity contribution in [2.75, 3.05) is 19.0 Å². The summed E-state index contributed by atoms with van der Waals surface area (Å²) in [5.41, 5.74) is 0. The minimum atomic E-state index is -0.826. The van der Waals surface area contributed by atoms with Crippen molar-refractivity contribution in [1.82, 2.24) is 9.97 Å². The van der Waals surface area contributed by atoms with Gasteiger partial charge in [0.2, 0.25) is 0 Å². The first-order valence-corrected chi connectivity index (χ1v) is 5.03. The maximum atomic E-state index is 10.3. The topological polar surface area (TPSA) is 84.3 Å². The Morgan fingerprint density at radius 1 is 1.69 bits per heavy atom. The summed E-state index contributed by atoms with van der Waals surface area (Å²) in [6, 6.07) is 0.213. The van der Waals surface area contributed by atoms with E-state index in [4.69, 9.17) is 21.4 Å². The molecule has 0 unspecified atom stereocenters. The van der Waals surface area contributed by atoms with Crippen molar-refractivity contribution in [3.05, 3.63) is 11.2 Å². The molecule has 0 amide bonds. The summed E-state index contributed by atoms with van der Waals surface area (Å²) in [6.45, 7) is 0.478. The molecule has 0 aliphatic heterocycles. The van der Waals surface area contributed by atoms with Gasteiger partial charge in [0.1, 0.15) is 5.02 Å². The molecule has 0 spiro atoms. The Kier molecular flexibility index (Phi) is 4.78. The number of carboxylic acid groups (broad SMARTS) is 1. The number of aromatic nitrogens is 2. The molecule has 0 aliphatic rings. The zero-order valence-corrected chi connectivity index (χ0v) is 9.49. The Bertz CT molecular complexity index is 373. The summed E-state index contributed by atoms with van der Waals surface area (Å²) in [5.74, 6) is -0.382. The number of nitrogens with one attached hydrogen (secondary N) is 1. The average molecular weight is 246 g/mol. The van der Waals surface area contributed by atoms with Crippen LogP contribution >= 0.6 is 11.6 Å². The normalized spacial score (nSPS) is 9.88. The van der Waals surface area contributed by atoms with Gasteiger partial charge in [-0.2, -0.15) is 4.98 Å². The lowest BCUT2D eigenvalue weighted by Gasteiger charge is -2.07. The summed E-state index contributed by atoms with van der Waals surface area (Å²) in [7, 11) is 1.46. The summed E-state index contributed by atoms with van der Waals surface area (Å²) in [4.78, 5) is 18.1. The van der Waals surface area contributed by atoms with Crippen LogP contribution in [0.1, 0.15) is 12.8 Å². The van der Waals surface area contributed by atoms with Crippen LogP contribution in [-0.4, -0.2) is 34.7 Å².